The molecule has 0 spiro atoms. The van der Waals surface area contributed by atoms with Crippen LogP contribution in [0.1, 0.15) is 26.3 Å². The molecule has 0 heterocycles. The van der Waals surface area contributed by atoms with Gasteiger partial charge in [0.25, 0.3) is 0 Å². The zero-order valence-electron chi connectivity index (χ0n) is 9.92. The van der Waals surface area contributed by atoms with Gasteiger partial charge in [0.2, 0.25) is 0 Å². The summed E-state index contributed by atoms with van der Waals surface area (Å²) in [6.45, 7) is 5.70. The van der Waals surface area contributed by atoms with E-state index in [0.717, 1.165) is 5.56 Å². The molecule has 0 aromatic heterocycles. The number of ether oxygens (including phenoxy) is 1. The maximum absolute atomic E-state index is 11.5. The first-order valence-corrected chi connectivity index (χ1v) is 5.19. The Labute approximate surface area is 114 Å². The van der Waals surface area contributed by atoms with Crippen LogP contribution < -0.4 is 0 Å². The van der Waals surface area contributed by atoms with E-state index >= 15 is 0 Å². The molecule has 1 aromatic rings. The summed E-state index contributed by atoms with van der Waals surface area (Å²) in [7, 11) is 0. The van der Waals surface area contributed by atoms with E-state index in [4.69, 9.17) is 16.3 Å². The van der Waals surface area contributed by atoms with Crippen LogP contribution in [0.25, 0.3) is 0 Å². The van der Waals surface area contributed by atoms with Crippen molar-refractivity contribution in [2.24, 2.45) is 5.41 Å². The van der Waals surface area contributed by atoms with Crippen molar-refractivity contribution in [3.8, 4) is 0 Å². The summed E-state index contributed by atoms with van der Waals surface area (Å²) < 4.78 is 5.15. The Morgan fingerprint density at radius 2 is 1.88 bits per heavy atom. The smallest absolute Gasteiger partial charge is 0.311 e. The van der Waals surface area contributed by atoms with Crippen molar-refractivity contribution in [2.75, 3.05) is 0 Å². The number of rotatable bonds is 2. The van der Waals surface area contributed by atoms with Gasteiger partial charge in [-0.15, -0.1) is 0 Å². The predicted molar refractivity (Wildman–Crippen MR) is 60.7 cm³/mol. The summed E-state index contributed by atoms with van der Waals surface area (Å²) in [6, 6.07) is 7.34. The Balaban J connectivity index is 0.00000225. The van der Waals surface area contributed by atoms with Gasteiger partial charge in [-0.2, -0.15) is 0 Å². The molecule has 1 aromatic carbocycles. The average Bonchev–Trinajstić information content (AvgIpc) is 2.14. The van der Waals surface area contributed by atoms with Crippen molar-refractivity contribution in [1.82, 2.24) is 0 Å². The van der Waals surface area contributed by atoms with Crippen LogP contribution in [0.4, 0.5) is 0 Å². The number of carbonyl (C=O) groups is 1. The molecule has 0 atom stereocenters. The molecular weight excluding hydrogens is 277 g/mol. The molecule has 84 valence electrons. The monoisotopic (exact) mass is 290 g/mol. The maximum atomic E-state index is 11.5. The second-order valence-corrected chi connectivity index (χ2v) is 4.82. The molecule has 0 radical (unpaired) electrons. The first-order chi connectivity index (χ1) is 6.91. The van der Waals surface area contributed by atoms with Crippen molar-refractivity contribution in [2.45, 2.75) is 27.4 Å². The third-order valence-corrected chi connectivity index (χ3v) is 2.30. The van der Waals surface area contributed by atoms with E-state index < -0.39 is 5.41 Å². The van der Waals surface area contributed by atoms with Crippen molar-refractivity contribution < 1.29 is 29.0 Å². The third kappa shape index (κ3) is 4.63. The summed E-state index contributed by atoms with van der Waals surface area (Å²) in [4.78, 5) is 11.5. The largest absolute Gasteiger partial charge is 0.460 e. The van der Waals surface area contributed by atoms with Gasteiger partial charge in [-0.25, -0.2) is 0 Å². The Morgan fingerprint density at radius 1 is 1.31 bits per heavy atom. The van der Waals surface area contributed by atoms with E-state index in [1.54, 1.807) is 6.07 Å². The van der Waals surface area contributed by atoms with Crippen LogP contribution in [0, 0.1) is 5.41 Å². The van der Waals surface area contributed by atoms with E-state index in [2.05, 4.69) is 0 Å². The van der Waals surface area contributed by atoms with Gasteiger partial charge in [0.05, 0.1) is 5.41 Å². The molecule has 16 heavy (non-hydrogen) atoms. The molecule has 0 fully saturated rings. The fourth-order valence-electron chi connectivity index (χ4n) is 0.975. The van der Waals surface area contributed by atoms with Gasteiger partial charge in [-0.1, -0.05) is 29.8 Å². The maximum Gasteiger partial charge on any atom is 0.311 e. The van der Waals surface area contributed by atoms with Crippen LogP contribution in [-0.2, 0) is 35.6 Å². The van der Waals surface area contributed by atoms with Gasteiger partial charge in [-0.3, -0.25) is 4.79 Å². The first-order valence-electron chi connectivity index (χ1n) is 4.82. The molecule has 0 N–H and O–H groups in total. The number of esters is 1. The zero-order chi connectivity index (χ0) is 11.5. The van der Waals surface area contributed by atoms with Crippen LogP contribution in [0.5, 0.6) is 0 Å². The second kappa shape index (κ2) is 6.37. The van der Waals surface area contributed by atoms with E-state index in [-0.39, 0.29) is 32.1 Å². The molecule has 1 rings (SSSR count). The van der Waals surface area contributed by atoms with Crippen molar-refractivity contribution in [1.29, 1.82) is 0 Å². The van der Waals surface area contributed by atoms with Gasteiger partial charge >= 0.3 is 5.97 Å². The number of hydrogen-bond donors (Lipinski definition) is 0. The van der Waals surface area contributed by atoms with Gasteiger partial charge < -0.3 is 4.74 Å². The van der Waals surface area contributed by atoms with E-state index in [9.17, 15) is 4.79 Å². The van der Waals surface area contributed by atoms with Gasteiger partial charge in [0, 0.05) is 30.1 Å². The Hall–Kier alpha value is -0.397. The minimum Gasteiger partial charge on any atom is -0.460 e. The van der Waals surface area contributed by atoms with Crippen molar-refractivity contribution >= 4 is 17.6 Å². The number of benzene rings is 1. The van der Waals surface area contributed by atoms with Crippen LogP contribution in [0.2, 0.25) is 5.02 Å². The quantitative estimate of drug-likeness (QED) is 0.616. The number of hydrogen-bond acceptors (Lipinski definition) is 2. The third-order valence-electron chi connectivity index (χ3n) is 1.93. The topological polar surface area (TPSA) is 26.3 Å². The SMILES string of the molecule is CC(C)(C)C(=O)OCc1ccccc1Cl.[Zn]. The molecule has 0 amide bonds. The summed E-state index contributed by atoms with van der Waals surface area (Å²) in [5.41, 5.74) is 0.359. The van der Waals surface area contributed by atoms with Gasteiger partial charge in [0.15, 0.2) is 0 Å². The number of carbonyl (C=O) groups excluding carboxylic acids is 1. The summed E-state index contributed by atoms with van der Waals surface area (Å²) in [6.07, 6.45) is 0. The molecule has 0 unspecified atom stereocenters. The minimum atomic E-state index is -0.471. The van der Waals surface area contributed by atoms with Crippen LogP contribution in [-0.4, -0.2) is 5.97 Å². The minimum absolute atomic E-state index is 0. The first kappa shape index (κ1) is 15.6. The van der Waals surface area contributed by atoms with Gasteiger partial charge in [0.1, 0.15) is 6.61 Å². The summed E-state index contributed by atoms with van der Waals surface area (Å²) in [5, 5.41) is 0.624. The summed E-state index contributed by atoms with van der Waals surface area (Å²) >= 11 is 5.93. The molecule has 0 aliphatic rings. The van der Waals surface area contributed by atoms with Crippen LogP contribution in [0.3, 0.4) is 0 Å². The second-order valence-electron chi connectivity index (χ2n) is 4.42. The van der Waals surface area contributed by atoms with E-state index in [1.165, 1.54) is 0 Å². The van der Waals surface area contributed by atoms with Crippen molar-refractivity contribution in [3.05, 3.63) is 34.9 Å². The Morgan fingerprint density at radius 3 is 2.38 bits per heavy atom. The normalized spacial score (nSPS) is 10.5. The molecule has 0 aliphatic carbocycles. The Bertz CT molecular complexity index is 358. The summed E-state index contributed by atoms with van der Waals surface area (Å²) in [5.74, 6) is -0.220. The molecule has 0 saturated heterocycles. The Kier molecular flexibility index (Phi) is 6.21. The predicted octanol–water partition coefficient (Wildman–Crippen LogP) is 3.43. The van der Waals surface area contributed by atoms with Crippen LogP contribution >= 0.6 is 11.6 Å². The molecule has 0 aliphatic heterocycles. The molecule has 0 bridgehead atoms. The fraction of sp³-hybridized carbons (Fsp3) is 0.417. The van der Waals surface area contributed by atoms with Gasteiger partial charge in [-0.05, 0) is 26.8 Å². The molecular formula is C12H15ClO2Zn. The van der Waals surface area contributed by atoms with Crippen molar-refractivity contribution in [3.63, 3.8) is 0 Å². The van der Waals surface area contributed by atoms with E-state index in [1.807, 2.05) is 39.0 Å². The van der Waals surface area contributed by atoms with E-state index in [0.29, 0.717) is 5.02 Å². The molecule has 4 heteroatoms. The van der Waals surface area contributed by atoms with Crippen LogP contribution in [0.15, 0.2) is 24.3 Å². The average molecular weight is 292 g/mol. The zero-order valence-corrected chi connectivity index (χ0v) is 13.6. The standard InChI is InChI=1S/C12H15ClO2.Zn/c1-12(2,3)11(14)15-8-9-6-4-5-7-10(9)13;/h4-7H,8H2,1-3H3;. The molecule has 2 nitrogen and oxygen atoms in total. The number of halogens is 1. The fourth-order valence-corrected chi connectivity index (χ4v) is 1.17. The molecule has 0 saturated carbocycles.